The van der Waals surface area contributed by atoms with Crippen LogP contribution in [0.2, 0.25) is 0 Å². The topological polar surface area (TPSA) is 65.0 Å². The maximum Gasteiger partial charge on any atom is 0.296 e. The van der Waals surface area contributed by atoms with E-state index in [2.05, 4.69) is 24.6 Å². The average Bonchev–Trinajstić information content (AvgIpc) is 2.05. The van der Waals surface area contributed by atoms with Crippen molar-refractivity contribution in [2.24, 2.45) is 0 Å². The van der Waals surface area contributed by atoms with Crippen LogP contribution in [0.5, 0.6) is 0 Å². The summed E-state index contributed by atoms with van der Waals surface area (Å²) in [5.41, 5.74) is 0. The van der Waals surface area contributed by atoms with Gasteiger partial charge in [-0.1, -0.05) is 6.92 Å². The Kier molecular flexibility index (Phi) is 7.72. The van der Waals surface area contributed by atoms with Gasteiger partial charge in [-0.15, -0.1) is 4.33 Å². The highest BCUT2D eigenvalue weighted by atomic mass is 32.9. The van der Waals surface area contributed by atoms with Gasteiger partial charge in [-0.05, 0) is 12.8 Å². The summed E-state index contributed by atoms with van der Waals surface area (Å²) in [5.74, 6) is 0. The summed E-state index contributed by atoms with van der Waals surface area (Å²) in [6.45, 7) is 2.24. The van der Waals surface area contributed by atoms with Crippen LogP contribution in [0.1, 0.15) is 19.8 Å². The van der Waals surface area contributed by atoms with Crippen molar-refractivity contribution in [3.8, 4) is 0 Å². The molecule has 0 saturated heterocycles. The molecule has 0 aliphatic rings. The van der Waals surface area contributed by atoms with E-state index in [1.165, 1.54) is 0 Å². The molecule has 0 aromatic rings. The van der Waals surface area contributed by atoms with Gasteiger partial charge in [-0.2, -0.15) is 4.21 Å². The Labute approximate surface area is 83.0 Å². The zero-order valence-corrected chi connectivity index (χ0v) is 9.07. The number of aliphatic hydroxyl groups excluding tert-OH is 1. The summed E-state index contributed by atoms with van der Waals surface area (Å²) in [6, 6.07) is 0. The third-order valence-electron chi connectivity index (χ3n) is 0.949. The third-order valence-corrected chi connectivity index (χ3v) is 2.12. The summed E-state index contributed by atoms with van der Waals surface area (Å²) in [6.07, 6.45) is 1.10. The van der Waals surface area contributed by atoms with E-state index in [1.807, 2.05) is 6.92 Å². The molecule has 0 aliphatic heterocycles. The molecule has 5 nitrogen and oxygen atoms in total. The van der Waals surface area contributed by atoms with E-state index in [4.69, 9.17) is 5.11 Å². The van der Waals surface area contributed by atoms with Gasteiger partial charge in [0.05, 0.1) is 13.2 Å². The highest BCUT2D eigenvalue weighted by Crippen LogP contribution is 1.99. The van der Waals surface area contributed by atoms with Crippen LogP contribution in [0.15, 0.2) is 0 Å². The smallest absolute Gasteiger partial charge is 0.296 e. The normalized spacial score (nSPS) is 15.5. The minimum Gasteiger partial charge on any atom is -0.396 e. The van der Waals surface area contributed by atoms with Crippen molar-refractivity contribution >= 4 is 20.2 Å². The predicted molar refractivity (Wildman–Crippen MR) is 50.5 cm³/mol. The van der Waals surface area contributed by atoms with Crippen molar-refractivity contribution in [3.05, 3.63) is 0 Å². The first-order valence-corrected chi connectivity index (χ1v) is 6.27. The lowest BCUT2D eigenvalue weighted by atomic mass is 10.5. The molecule has 0 saturated carbocycles. The molecule has 0 heterocycles. The lowest BCUT2D eigenvalue weighted by molar-refractivity contribution is -0.204. The third kappa shape index (κ3) is 8.54. The van der Waals surface area contributed by atoms with E-state index < -0.39 is 9.05 Å². The number of rotatable bonds is 8. The zero-order chi connectivity index (χ0) is 10.2. The second-order valence-electron chi connectivity index (χ2n) is 2.20. The number of hydrogen-bond acceptors (Lipinski definition) is 6. The van der Waals surface area contributed by atoms with Crippen molar-refractivity contribution in [3.63, 3.8) is 0 Å². The second-order valence-corrected chi connectivity index (χ2v) is 4.61. The van der Waals surface area contributed by atoms with Crippen LogP contribution in [0.3, 0.4) is 0 Å². The monoisotopic (exact) mass is 230 g/mol. The Morgan fingerprint density at radius 1 is 1.46 bits per heavy atom. The van der Waals surface area contributed by atoms with Crippen LogP contribution < -0.4 is 0 Å². The molecular weight excluding hydrogens is 216 g/mol. The van der Waals surface area contributed by atoms with Crippen molar-refractivity contribution < 1.29 is 22.7 Å². The highest BCUT2D eigenvalue weighted by Gasteiger charge is 2.07. The van der Waals surface area contributed by atoms with Gasteiger partial charge in [0, 0.05) is 17.8 Å². The average molecular weight is 230 g/mol. The van der Waals surface area contributed by atoms with Gasteiger partial charge in [0.2, 0.25) is 0 Å². The summed E-state index contributed by atoms with van der Waals surface area (Å²) < 4.78 is 20.1. The van der Waals surface area contributed by atoms with E-state index in [9.17, 15) is 4.21 Å². The standard InChI is InChI=1S/C6H14O5S2/c1-2-5-9-11-13(8,12)10-6-3-4-7/h7H,2-6H2,1H3. The van der Waals surface area contributed by atoms with E-state index >= 15 is 0 Å². The van der Waals surface area contributed by atoms with Crippen LogP contribution in [0.25, 0.3) is 0 Å². The van der Waals surface area contributed by atoms with E-state index in [-0.39, 0.29) is 13.2 Å². The first-order valence-electron chi connectivity index (χ1n) is 3.93. The Bertz CT molecular complexity index is 185. The SMILES string of the molecule is CCCOOS(=O)(=S)OCCCO. The minimum atomic E-state index is -3.23. The Balaban J connectivity index is 3.55. The summed E-state index contributed by atoms with van der Waals surface area (Å²) >= 11 is 4.45. The van der Waals surface area contributed by atoms with Crippen LogP contribution >= 0.6 is 0 Å². The molecule has 0 aromatic carbocycles. The molecule has 80 valence electrons. The molecule has 0 spiro atoms. The van der Waals surface area contributed by atoms with Crippen molar-refractivity contribution in [1.82, 2.24) is 0 Å². The molecule has 0 bridgehead atoms. The highest BCUT2D eigenvalue weighted by molar-refractivity contribution is 8.27. The van der Waals surface area contributed by atoms with Crippen LogP contribution in [-0.4, -0.2) is 29.1 Å². The van der Waals surface area contributed by atoms with Crippen molar-refractivity contribution in [2.45, 2.75) is 19.8 Å². The molecule has 0 fully saturated rings. The molecule has 13 heavy (non-hydrogen) atoms. The molecule has 0 amide bonds. The molecule has 7 heteroatoms. The fraction of sp³-hybridized carbons (Fsp3) is 1.00. The molecule has 1 unspecified atom stereocenters. The molecule has 0 rings (SSSR count). The van der Waals surface area contributed by atoms with Gasteiger partial charge in [0.25, 0.3) is 9.05 Å². The fourth-order valence-corrected chi connectivity index (χ4v) is 1.29. The van der Waals surface area contributed by atoms with Crippen LogP contribution in [0, 0.1) is 0 Å². The van der Waals surface area contributed by atoms with Gasteiger partial charge in [0.1, 0.15) is 0 Å². The van der Waals surface area contributed by atoms with Gasteiger partial charge < -0.3 is 5.11 Å². The van der Waals surface area contributed by atoms with Crippen LogP contribution in [-0.2, 0) is 33.6 Å². The first-order chi connectivity index (χ1) is 6.12. The van der Waals surface area contributed by atoms with Crippen LogP contribution in [0.4, 0.5) is 0 Å². The summed E-state index contributed by atoms with van der Waals surface area (Å²) in [7, 11) is -3.23. The molecule has 0 radical (unpaired) electrons. The second kappa shape index (κ2) is 7.60. The van der Waals surface area contributed by atoms with Gasteiger partial charge >= 0.3 is 0 Å². The molecule has 0 aliphatic carbocycles. The molecule has 0 aromatic heterocycles. The number of aliphatic hydroxyl groups is 1. The fourth-order valence-electron chi connectivity index (χ4n) is 0.421. The maximum absolute atomic E-state index is 11.1. The van der Waals surface area contributed by atoms with E-state index in [0.717, 1.165) is 6.42 Å². The first kappa shape index (κ1) is 13.2. The quantitative estimate of drug-likeness (QED) is 0.368. The molecule has 1 atom stereocenters. The Morgan fingerprint density at radius 3 is 2.69 bits per heavy atom. The summed E-state index contributed by atoms with van der Waals surface area (Å²) in [4.78, 5) is 4.51. The van der Waals surface area contributed by atoms with E-state index in [1.54, 1.807) is 0 Å². The Hall–Kier alpha value is 0.210. The largest absolute Gasteiger partial charge is 0.396 e. The zero-order valence-electron chi connectivity index (χ0n) is 7.43. The maximum atomic E-state index is 11.1. The summed E-state index contributed by atoms with van der Waals surface area (Å²) in [5, 5.41) is 8.40. The minimum absolute atomic E-state index is 0.0410. The predicted octanol–water partition coefficient (Wildman–Crippen LogP) is 0.320. The Morgan fingerprint density at radius 2 is 2.15 bits per heavy atom. The number of hydrogen-bond donors (Lipinski definition) is 1. The van der Waals surface area contributed by atoms with E-state index in [0.29, 0.717) is 13.0 Å². The van der Waals surface area contributed by atoms with Gasteiger partial charge in [0.15, 0.2) is 0 Å². The van der Waals surface area contributed by atoms with Crippen molar-refractivity contribution in [2.75, 3.05) is 19.8 Å². The lowest BCUT2D eigenvalue weighted by Crippen LogP contribution is -2.11. The lowest BCUT2D eigenvalue weighted by Gasteiger charge is -2.06. The van der Waals surface area contributed by atoms with Gasteiger partial charge in [-0.3, -0.25) is 4.18 Å². The molecular formula is C6H14O5S2. The van der Waals surface area contributed by atoms with Crippen molar-refractivity contribution in [1.29, 1.82) is 0 Å². The van der Waals surface area contributed by atoms with Gasteiger partial charge in [-0.25, -0.2) is 4.89 Å². The molecule has 1 N–H and O–H groups in total.